The number of carbonyl (C=O) groups is 1. The third kappa shape index (κ3) is 6.72. The van der Waals surface area contributed by atoms with Crippen LogP contribution in [0.15, 0.2) is 0 Å². The van der Waals surface area contributed by atoms with Crippen LogP contribution >= 0.6 is 7.82 Å². The second-order valence-electron chi connectivity index (χ2n) is 3.81. The normalized spacial score (nSPS) is 12.5. The van der Waals surface area contributed by atoms with Crippen molar-refractivity contribution in [3.63, 3.8) is 0 Å². The standard InChI is InChI=1S/C8H18NO7P/c1-8(5-10,6-11)7(12)9-3-2-4-16-17(13,14)15/h10-11H,2-6H2,1H3,(H,9,12)(H2,13,14,15). The van der Waals surface area contributed by atoms with Crippen LogP contribution in [0.25, 0.3) is 0 Å². The van der Waals surface area contributed by atoms with Gasteiger partial charge in [0.15, 0.2) is 0 Å². The van der Waals surface area contributed by atoms with Gasteiger partial charge in [0.2, 0.25) is 5.91 Å². The molecule has 0 rings (SSSR count). The van der Waals surface area contributed by atoms with E-state index in [1.54, 1.807) is 0 Å². The molecule has 0 aliphatic rings. The highest BCUT2D eigenvalue weighted by molar-refractivity contribution is 7.46. The number of aliphatic hydroxyl groups excluding tert-OH is 2. The van der Waals surface area contributed by atoms with E-state index in [9.17, 15) is 9.36 Å². The van der Waals surface area contributed by atoms with Crippen LogP contribution in [0.2, 0.25) is 0 Å². The first kappa shape index (κ1) is 16.5. The molecule has 0 radical (unpaired) electrons. The van der Waals surface area contributed by atoms with Crippen LogP contribution in [0.5, 0.6) is 0 Å². The van der Waals surface area contributed by atoms with Crippen LogP contribution in [0.3, 0.4) is 0 Å². The quantitative estimate of drug-likeness (QED) is 0.270. The number of hydrogen-bond acceptors (Lipinski definition) is 5. The Labute approximate surface area is 98.8 Å². The molecule has 8 nitrogen and oxygen atoms in total. The predicted octanol–water partition coefficient (Wildman–Crippen LogP) is -1.41. The number of amides is 1. The van der Waals surface area contributed by atoms with Crippen molar-refractivity contribution in [2.45, 2.75) is 13.3 Å². The minimum atomic E-state index is -4.47. The van der Waals surface area contributed by atoms with Gasteiger partial charge in [0, 0.05) is 6.54 Å². The minimum absolute atomic E-state index is 0.133. The topological polar surface area (TPSA) is 136 Å². The van der Waals surface area contributed by atoms with Crippen LogP contribution in [0.1, 0.15) is 13.3 Å². The van der Waals surface area contributed by atoms with Gasteiger partial charge in [-0.05, 0) is 13.3 Å². The molecule has 5 N–H and O–H groups in total. The SMILES string of the molecule is CC(CO)(CO)C(=O)NCCCOP(=O)(O)O. The molecule has 0 unspecified atom stereocenters. The van der Waals surface area contributed by atoms with Crippen molar-refractivity contribution in [3.8, 4) is 0 Å². The van der Waals surface area contributed by atoms with E-state index in [1.807, 2.05) is 0 Å². The summed E-state index contributed by atoms with van der Waals surface area (Å²) < 4.78 is 14.5. The Morgan fingerprint density at radius 2 is 1.88 bits per heavy atom. The lowest BCUT2D eigenvalue weighted by Crippen LogP contribution is -2.44. The molecule has 1 amide bonds. The highest BCUT2D eigenvalue weighted by atomic mass is 31.2. The first-order valence-corrected chi connectivity index (χ1v) is 6.48. The van der Waals surface area contributed by atoms with Crippen molar-refractivity contribution < 1.29 is 33.9 Å². The van der Waals surface area contributed by atoms with Gasteiger partial charge in [0.05, 0.1) is 25.2 Å². The maximum atomic E-state index is 11.5. The van der Waals surface area contributed by atoms with E-state index in [4.69, 9.17) is 20.0 Å². The van der Waals surface area contributed by atoms with Gasteiger partial charge in [0.25, 0.3) is 0 Å². The Bertz CT molecular complexity index is 286. The summed E-state index contributed by atoms with van der Waals surface area (Å²) in [6.07, 6.45) is 0.212. The average molecular weight is 271 g/mol. The van der Waals surface area contributed by atoms with Crippen LogP contribution < -0.4 is 5.32 Å². The highest BCUT2D eigenvalue weighted by Crippen LogP contribution is 2.35. The van der Waals surface area contributed by atoms with Gasteiger partial charge in [-0.15, -0.1) is 0 Å². The Hall–Kier alpha value is -0.500. The lowest BCUT2D eigenvalue weighted by Gasteiger charge is -2.23. The molecule has 102 valence electrons. The molecule has 0 heterocycles. The van der Waals surface area contributed by atoms with Crippen LogP contribution in [0.4, 0.5) is 0 Å². The molecule has 17 heavy (non-hydrogen) atoms. The fourth-order valence-corrected chi connectivity index (χ4v) is 1.23. The number of carbonyl (C=O) groups excluding carboxylic acids is 1. The Morgan fingerprint density at radius 1 is 1.35 bits per heavy atom. The number of aliphatic hydroxyl groups is 2. The van der Waals surface area contributed by atoms with Gasteiger partial charge >= 0.3 is 7.82 Å². The van der Waals surface area contributed by atoms with Crippen molar-refractivity contribution >= 4 is 13.7 Å². The smallest absolute Gasteiger partial charge is 0.395 e. The number of nitrogens with one attached hydrogen (secondary N) is 1. The maximum absolute atomic E-state index is 11.5. The molecule has 0 aliphatic heterocycles. The summed E-state index contributed by atoms with van der Waals surface area (Å²) in [5, 5.41) is 20.3. The molecule has 0 fully saturated rings. The van der Waals surface area contributed by atoms with Gasteiger partial charge in [-0.1, -0.05) is 0 Å². The Balaban J connectivity index is 3.83. The van der Waals surface area contributed by atoms with Gasteiger partial charge < -0.3 is 25.3 Å². The van der Waals surface area contributed by atoms with Crippen molar-refractivity contribution in [2.75, 3.05) is 26.4 Å². The third-order valence-corrected chi connectivity index (χ3v) is 2.63. The van der Waals surface area contributed by atoms with E-state index in [0.29, 0.717) is 0 Å². The summed E-state index contributed by atoms with van der Waals surface area (Å²) >= 11 is 0. The van der Waals surface area contributed by atoms with Crippen LogP contribution in [-0.2, 0) is 13.9 Å². The molecule has 0 aromatic rings. The Morgan fingerprint density at radius 3 is 2.29 bits per heavy atom. The molecule has 0 aliphatic carbocycles. The molecule has 0 saturated heterocycles. The maximum Gasteiger partial charge on any atom is 0.469 e. The Kier molecular flexibility index (Phi) is 6.84. The van der Waals surface area contributed by atoms with E-state index in [0.717, 1.165) is 0 Å². The zero-order valence-corrected chi connectivity index (χ0v) is 10.4. The first-order chi connectivity index (χ1) is 7.75. The minimum Gasteiger partial charge on any atom is -0.395 e. The van der Waals surface area contributed by atoms with Gasteiger partial charge in [-0.25, -0.2) is 4.57 Å². The number of phosphoric acid groups is 1. The lowest BCUT2D eigenvalue weighted by molar-refractivity contribution is -0.134. The first-order valence-electron chi connectivity index (χ1n) is 4.95. The summed E-state index contributed by atoms with van der Waals surface area (Å²) in [5.41, 5.74) is -1.26. The van der Waals surface area contributed by atoms with Crippen molar-refractivity contribution in [2.24, 2.45) is 5.41 Å². The summed E-state index contributed by atoms with van der Waals surface area (Å²) in [7, 11) is -4.47. The van der Waals surface area contributed by atoms with E-state index in [-0.39, 0.29) is 19.6 Å². The summed E-state index contributed by atoms with van der Waals surface area (Å²) in [5.74, 6) is -0.529. The summed E-state index contributed by atoms with van der Waals surface area (Å²) in [6, 6.07) is 0. The van der Waals surface area contributed by atoms with Crippen molar-refractivity contribution in [1.82, 2.24) is 5.32 Å². The van der Waals surface area contributed by atoms with Crippen LogP contribution in [0, 0.1) is 5.41 Å². The molecule has 0 aromatic carbocycles. The lowest BCUT2D eigenvalue weighted by atomic mass is 9.92. The number of rotatable bonds is 8. The summed E-state index contributed by atoms with van der Waals surface area (Å²) in [4.78, 5) is 28.2. The molecule has 0 saturated carbocycles. The second kappa shape index (κ2) is 7.05. The average Bonchev–Trinajstić information content (AvgIpc) is 2.25. The summed E-state index contributed by atoms with van der Waals surface area (Å²) in [6.45, 7) is 0.352. The highest BCUT2D eigenvalue weighted by Gasteiger charge is 2.31. The van der Waals surface area contributed by atoms with Crippen molar-refractivity contribution in [3.05, 3.63) is 0 Å². The zero-order chi connectivity index (χ0) is 13.5. The number of hydrogen-bond donors (Lipinski definition) is 5. The zero-order valence-electron chi connectivity index (χ0n) is 9.50. The van der Waals surface area contributed by atoms with E-state index >= 15 is 0 Å². The van der Waals surface area contributed by atoms with Crippen molar-refractivity contribution in [1.29, 1.82) is 0 Å². The third-order valence-electron chi connectivity index (χ3n) is 2.11. The molecule has 0 bridgehead atoms. The molecular formula is C8H18NO7P. The van der Waals surface area contributed by atoms with Crippen LogP contribution in [-0.4, -0.2) is 52.3 Å². The van der Waals surface area contributed by atoms with Gasteiger partial charge in [-0.2, -0.15) is 0 Å². The fraction of sp³-hybridized carbons (Fsp3) is 0.875. The van der Waals surface area contributed by atoms with Gasteiger partial charge in [0.1, 0.15) is 0 Å². The predicted molar refractivity (Wildman–Crippen MR) is 57.9 cm³/mol. The molecular weight excluding hydrogens is 253 g/mol. The van der Waals surface area contributed by atoms with Gasteiger partial charge in [-0.3, -0.25) is 9.32 Å². The van der Waals surface area contributed by atoms with E-state index in [1.165, 1.54) is 6.92 Å². The van der Waals surface area contributed by atoms with E-state index in [2.05, 4.69) is 9.84 Å². The monoisotopic (exact) mass is 271 g/mol. The molecule has 9 heteroatoms. The van der Waals surface area contributed by atoms with E-state index < -0.39 is 32.4 Å². The largest absolute Gasteiger partial charge is 0.469 e. The fourth-order valence-electron chi connectivity index (χ4n) is 0.865. The molecule has 0 atom stereocenters. The molecule has 0 spiro atoms. The second-order valence-corrected chi connectivity index (χ2v) is 5.05. The number of phosphoric ester groups is 1. The molecule has 0 aromatic heterocycles.